The van der Waals surface area contributed by atoms with Crippen LogP contribution in [0.1, 0.15) is 10.4 Å². The van der Waals surface area contributed by atoms with Crippen molar-refractivity contribution >= 4 is 23.2 Å². The van der Waals surface area contributed by atoms with Crippen LogP contribution in [0.15, 0.2) is 49.1 Å². The van der Waals surface area contributed by atoms with Crippen LogP contribution in [-0.2, 0) is 0 Å². The molecule has 1 amide bonds. The van der Waals surface area contributed by atoms with E-state index in [4.69, 9.17) is 16.3 Å². The van der Waals surface area contributed by atoms with Crippen LogP contribution in [-0.4, -0.2) is 17.4 Å². The quantitative estimate of drug-likeness (QED) is 0.625. The van der Waals surface area contributed by atoms with E-state index in [1.165, 1.54) is 0 Å². The van der Waals surface area contributed by atoms with Gasteiger partial charge in [-0.2, -0.15) is 4.98 Å². The summed E-state index contributed by atoms with van der Waals surface area (Å²) in [6, 6.07) is 10.4. The number of para-hydroxylation sites is 1. The van der Waals surface area contributed by atoms with Crippen molar-refractivity contribution in [1.29, 1.82) is 0 Å². The van der Waals surface area contributed by atoms with E-state index >= 15 is 0 Å². The predicted molar refractivity (Wildman–Crippen MR) is 77.6 cm³/mol. The zero-order valence-electron chi connectivity index (χ0n) is 10.5. The second-order valence-corrected chi connectivity index (χ2v) is 4.65. The Morgan fingerprint density at radius 2 is 2.10 bits per heavy atom. The van der Waals surface area contributed by atoms with Crippen LogP contribution in [0.5, 0.6) is 11.6 Å². The highest BCUT2D eigenvalue weighted by Gasteiger charge is 2.28. The second-order valence-electron chi connectivity index (χ2n) is 4.26. The van der Waals surface area contributed by atoms with Gasteiger partial charge in [-0.15, -0.1) is 6.58 Å². The smallest absolute Gasteiger partial charge is 0.262 e. The van der Waals surface area contributed by atoms with Gasteiger partial charge in [-0.1, -0.05) is 29.8 Å². The fourth-order valence-electron chi connectivity index (χ4n) is 2.09. The minimum absolute atomic E-state index is 0.150. The number of hydrogen-bond acceptors (Lipinski definition) is 3. The average Bonchev–Trinajstić information content (AvgIpc) is 2.55. The third-order valence-electron chi connectivity index (χ3n) is 2.98. The van der Waals surface area contributed by atoms with Crippen LogP contribution >= 0.6 is 11.6 Å². The van der Waals surface area contributed by atoms with Crippen molar-refractivity contribution in [3.63, 3.8) is 0 Å². The summed E-state index contributed by atoms with van der Waals surface area (Å²) >= 11 is 5.90. The van der Waals surface area contributed by atoms with Crippen molar-refractivity contribution < 1.29 is 9.53 Å². The summed E-state index contributed by atoms with van der Waals surface area (Å²) < 4.78 is 5.74. The Morgan fingerprint density at radius 3 is 2.90 bits per heavy atom. The third-order valence-corrected chi connectivity index (χ3v) is 3.19. The number of fused-ring (bicyclic) bond motifs is 2. The largest absolute Gasteiger partial charge is 0.436 e. The Morgan fingerprint density at radius 1 is 1.30 bits per heavy atom. The Kier molecular flexibility index (Phi) is 3.16. The third kappa shape index (κ3) is 2.04. The fraction of sp³-hybridized carbons (Fsp3) is 0.0667. The lowest BCUT2D eigenvalue weighted by molar-refractivity contribution is 0.0990. The minimum atomic E-state index is -0.150. The summed E-state index contributed by atoms with van der Waals surface area (Å²) in [6.07, 6.45) is 1.66. The minimum Gasteiger partial charge on any atom is -0.436 e. The van der Waals surface area contributed by atoms with E-state index in [-0.39, 0.29) is 5.91 Å². The molecule has 0 aliphatic carbocycles. The first-order valence-corrected chi connectivity index (χ1v) is 6.44. The first-order chi connectivity index (χ1) is 9.70. The van der Waals surface area contributed by atoms with Gasteiger partial charge >= 0.3 is 0 Å². The van der Waals surface area contributed by atoms with E-state index < -0.39 is 0 Å². The molecule has 1 aliphatic rings. The van der Waals surface area contributed by atoms with Crippen LogP contribution in [0, 0.1) is 0 Å². The molecule has 0 spiro atoms. The standard InChI is InChI=1S/C15H11ClN2O2/c1-2-9-18-11-7-8-13(16)17-14(11)20-12-6-4-3-5-10(12)15(18)19/h2-8H,1,9H2. The Bertz CT molecular complexity index is 700. The number of amides is 1. The van der Waals surface area contributed by atoms with Gasteiger partial charge in [0.25, 0.3) is 5.91 Å². The first kappa shape index (κ1) is 12.7. The number of carbonyl (C=O) groups is 1. The van der Waals surface area contributed by atoms with E-state index in [0.29, 0.717) is 34.6 Å². The van der Waals surface area contributed by atoms with Crippen molar-refractivity contribution in [3.05, 3.63) is 59.8 Å². The molecule has 0 saturated heterocycles. The highest BCUT2D eigenvalue weighted by atomic mass is 35.5. The van der Waals surface area contributed by atoms with Crippen molar-refractivity contribution in [2.75, 3.05) is 11.4 Å². The highest BCUT2D eigenvalue weighted by Crippen LogP contribution is 2.38. The second kappa shape index (κ2) is 4.98. The topological polar surface area (TPSA) is 42.4 Å². The van der Waals surface area contributed by atoms with Gasteiger partial charge in [0.05, 0.1) is 5.56 Å². The summed E-state index contributed by atoms with van der Waals surface area (Å²) in [5.41, 5.74) is 1.07. The SMILES string of the molecule is C=CCN1C(=O)c2ccccc2Oc2nc(Cl)ccc21. The van der Waals surface area contributed by atoms with Crippen LogP contribution < -0.4 is 9.64 Å². The number of rotatable bonds is 2. The van der Waals surface area contributed by atoms with Gasteiger partial charge in [0.15, 0.2) is 0 Å². The molecular weight excluding hydrogens is 276 g/mol. The van der Waals surface area contributed by atoms with E-state index in [9.17, 15) is 4.79 Å². The van der Waals surface area contributed by atoms with Gasteiger partial charge in [0, 0.05) is 6.54 Å². The van der Waals surface area contributed by atoms with Crippen molar-refractivity contribution in [3.8, 4) is 11.6 Å². The molecule has 0 atom stereocenters. The summed E-state index contributed by atoms with van der Waals surface area (Å²) in [4.78, 5) is 18.3. The first-order valence-electron chi connectivity index (χ1n) is 6.07. The Hall–Kier alpha value is -2.33. The van der Waals surface area contributed by atoms with Crippen molar-refractivity contribution in [1.82, 2.24) is 4.98 Å². The monoisotopic (exact) mass is 286 g/mol. The van der Waals surface area contributed by atoms with E-state index in [2.05, 4.69) is 11.6 Å². The van der Waals surface area contributed by atoms with Gasteiger partial charge in [-0.3, -0.25) is 9.69 Å². The highest BCUT2D eigenvalue weighted by molar-refractivity contribution is 6.29. The van der Waals surface area contributed by atoms with Crippen LogP contribution in [0.25, 0.3) is 0 Å². The normalized spacial score (nSPS) is 13.1. The van der Waals surface area contributed by atoms with E-state index in [1.54, 1.807) is 47.4 Å². The van der Waals surface area contributed by atoms with E-state index in [1.807, 2.05) is 0 Å². The zero-order valence-corrected chi connectivity index (χ0v) is 11.3. The molecule has 0 N–H and O–H groups in total. The number of benzene rings is 1. The van der Waals surface area contributed by atoms with Gasteiger partial charge in [-0.25, -0.2) is 0 Å². The molecule has 1 aromatic carbocycles. The molecular formula is C15H11ClN2O2. The number of anilines is 1. The van der Waals surface area contributed by atoms with Gasteiger partial charge < -0.3 is 4.74 Å². The molecule has 1 aromatic heterocycles. The van der Waals surface area contributed by atoms with Gasteiger partial charge in [0.1, 0.15) is 16.6 Å². The van der Waals surface area contributed by atoms with Gasteiger partial charge in [-0.05, 0) is 24.3 Å². The maximum atomic E-state index is 12.6. The lowest BCUT2D eigenvalue weighted by Gasteiger charge is -2.19. The van der Waals surface area contributed by atoms with Crippen molar-refractivity contribution in [2.24, 2.45) is 0 Å². The predicted octanol–water partition coefficient (Wildman–Crippen LogP) is 3.67. The van der Waals surface area contributed by atoms with Crippen molar-refractivity contribution in [2.45, 2.75) is 0 Å². The van der Waals surface area contributed by atoms with Gasteiger partial charge in [0.2, 0.25) is 5.88 Å². The fourth-order valence-corrected chi connectivity index (χ4v) is 2.23. The molecule has 2 heterocycles. The van der Waals surface area contributed by atoms with Crippen LogP contribution in [0.4, 0.5) is 5.69 Å². The summed E-state index contributed by atoms with van der Waals surface area (Å²) in [7, 11) is 0. The maximum absolute atomic E-state index is 12.6. The maximum Gasteiger partial charge on any atom is 0.262 e. The molecule has 100 valence electrons. The molecule has 4 nitrogen and oxygen atoms in total. The lowest BCUT2D eigenvalue weighted by atomic mass is 10.1. The number of hydrogen-bond donors (Lipinski definition) is 0. The molecule has 0 unspecified atom stereocenters. The number of aromatic nitrogens is 1. The molecule has 0 fully saturated rings. The number of nitrogens with zero attached hydrogens (tertiary/aromatic N) is 2. The lowest BCUT2D eigenvalue weighted by Crippen LogP contribution is -2.30. The number of ether oxygens (including phenoxy) is 1. The summed E-state index contributed by atoms with van der Waals surface area (Å²) in [5, 5.41) is 0.314. The van der Waals surface area contributed by atoms with Crippen LogP contribution in [0.2, 0.25) is 5.15 Å². The summed E-state index contributed by atoms with van der Waals surface area (Å²) in [6.45, 7) is 4.05. The average molecular weight is 287 g/mol. The zero-order chi connectivity index (χ0) is 14.1. The Balaban J connectivity index is 2.22. The Labute approximate surface area is 121 Å². The molecule has 20 heavy (non-hydrogen) atoms. The number of halogens is 1. The molecule has 5 heteroatoms. The molecule has 3 rings (SSSR count). The molecule has 0 saturated carbocycles. The number of pyridine rings is 1. The number of carbonyl (C=O) groups excluding carboxylic acids is 1. The molecule has 2 aromatic rings. The van der Waals surface area contributed by atoms with Crippen LogP contribution in [0.3, 0.4) is 0 Å². The molecule has 0 bridgehead atoms. The molecule has 1 aliphatic heterocycles. The van der Waals surface area contributed by atoms with E-state index in [0.717, 1.165) is 0 Å². The molecule has 0 radical (unpaired) electrons. The summed E-state index contributed by atoms with van der Waals surface area (Å²) in [5.74, 6) is 0.640.